The van der Waals surface area contributed by atoms with Crippen molar-refractivity contribution >= 4 is 32.6 Å². The number of aromatic amines is 1. The molecule has 0 unspecified atom stereocenters. The van der Waals surface area contributed by atoms with Crippen molar-refractivity contribution in [1.29, 1.82) is 0 Å². The molecule has 2 aromatic heterocycles. The number of nitrogens with zero attached hydrogens (tertiary/aromatic N) is 4. The van der Waals surface area contributed by atoms with Crippen LogP contribution in [0.2, 0.25) is 0 Å². The molecule has 1 aromatic carbocycles. The number of hydrogen-bond donors (Lipinski definition) is 1. The van der Waals surface area contributed by atoms with Gasteiger partial charge in [0.1, 0.15) is 4.90 Å². The largest absolute Gasteiger partial charge is 0.358 e. The van der Waals surface area contributed by atoms with Gasteiger partial charge in [0.25, 0.3) is 11.7 Å². The van der Waals surface area contributed by atoms with Gasteiger partial charge in [0.2, 0.25) is 10.0 Å². The minimum Gasteiger partial charge on any atom is -0.358 e. The number of H-pyrrole nitrogens is 1. The lowest BCUT2D eigenvalue weighted by atomic mass is 10.1. The first-order valence-corrected chi connectivity index (χ1v) is 12.0. The molecule has 3 heterocycles. The zero-order chi connectivity index (χ0) is 23.2. The van der Waals surface area contributed by atoms with Crippen LogP contribution in [-0.4, -0.2) is 70.3 Å². The quantitative estimate of drug-likeness (QED) is 0.476. The molecular formula is C22H27N5O4S. The number of carbonyl (C=O) groups is 2. The predicted octanol–water partition coefficient (Wildman–Crippen LogP) is 1.93. The van der Waals surface area contributed by atoms with Crippen LogP contribution in [0.1, 0.15) is 33.9 Å². The maximum atomic E-state index is 13.3. The van der Waals surface area contributed by atoms with Gasteiger partial charge >= 0.3 is 0 Å². The Bertz CT molecular complexity index is 1320. The van der Waals surface area contributed by atoms with Gasteiger partial charge in [-0.15, -0.1) is 0 Å². The summed E-state index contributed by atoms with van der Waals surface area (Å²) in [5.41, 5.74) is 2.85. The Morgan fingerprint density at radius 3 is 2.44 bits per heavy atom. The van der Waals surface area contributed by atoms with E-state index in [9.17, 15) is 18.0 Å². The summed E-state index contributed by atoms with van der Waals surface area (Å²) in [6.07, 6.45) is 0.448. The highest BCUT2D eigenvalue weighted by Gasteiger charge is 2.34. The van der Waals surface area contributed by atoms with Crippen molar-refractivity contribution in [3.05, 3.63) is 46.9 Å². The number of nitrogens with one attached hydrogen (secondary N) is 1. The molecule has 32 heavy (non-hydrogen) atoms. The molecule has 10 heteroatoms. The molecule has 3 aromatic rings. The van der Waals surface area contributed by atoms with Crippen LogP contribution >= 0.6 is 0 Å². The molecule has 1 saturated heterocycles. The summed E-state index contributed by atoms with van der Waals surface area (Å²) in [5, 5.41) is 4.93. The van der Waals surface area contributed by atoms with Crippen molar-refractivity contribution in [3.63, 3.8) is 0 Å². The fourth-order valence-electron chi connectivity index (χ4n) is 4.41. The molecule has 0 saturated carbocycles. The number of benzene rings is 1. The molecule has 0 bridgehead atoms. The van der Waals surface area contributed by atoms with E-state index >= 15 is 0 Å². The van der Waals surface area contributed by atoms with E-state index in [4.69, 9.17) is 0 Å². The number of rotatable bonds is 4. The SMILES string of the molecule is Cc1nn(C)c(C)c1S(=O)(=O)N1CCCN(C(=O)C(=O)c2c(C)[nH]c3ccccc23)CC1. The van der Waals surface area contributed by atoms with Crippen molar-refractivity contribution in [2.24, 2.45) is 7.05 Å². The highest BCUT2D eigenvalue weighted by atomic mass is 32.2. The van der Waals surface area contributed by atoms with Crippen LogP contribution in [0.15, 0.2) is 29.2 Å². The van der Waals surface area contributed by atoms with Crippen LogP contribution in [-0.2, 0) is 21.9 Å². The normalized spacial score (nSPS) is 15.8. The number of carbonyl (C=O) groups excluding carboxylic acids is 2. The summed E-state index contributed by atoms with van der Waals surface area (Å²) in [5.74, 6) is -1.18. The second-order valence-electron chi connectivity index (χ2n) is 8.17. The second-order valence-corrected chi connectivity index (χ2v) is 10.0. The molecule has 1 aliphatic rings. The Balaban J connectivity index is 1.55. The molecule has 4 rings (SSSR count). The first-order chi connectivity index (χ1) is 15.1. The van der Waals surface area contributed by atoms with E-state index in [1.165, 1.54) is 9.21 Å². The van der Waals surface area contributed by atoms with Crippen molar-refractivity contribution in [1.82, 2.24) is 24.0 Å². The van der Waals surface area contributed by atoms with Crippen molar-refractivity contribution in [3.8, 4) is 0 Å². The number of aryl methyl sites for hydroxylation is 3. The minimum atomic E-state index is -3.75. The lowest BCUT2D eigenvalue weighted by Crippen LogP contribution is -2.40. The van der Waals surface area contributed by atoms with Crippen molar-refractivity contribution in [2.45, 2.75) is 32.1 Å². The summed E-state index contributed by atoms with van der Waals surface area (Å²) < 4.78 is 29.5. The number of aromatic nitrogens is 3. The fraction of sp³-hybridized carbons (Fsp3) is 0.409. The lowest BCUT2D eigenvalue weighted by molar-refractivity contribution is -0.126. The summed E-state index contributed by atoms with van der Waals surface area (Å²) in [4.78, 5) is 31.0. The van der Waals surface area contributed by atoms with Crippen LogP contribution in [0.5, 0.6) is 0 Å². The van der Waals surface area contributed by atoms with Gasteiger partial charge in [-0.25, -0.2) is 8.42 Å². The van der Waals surface area contributed by atoms with E-state index in [2.05, 4.69) is 10.1 Å². The van der Waals surface area contributed by atoms with Gasteiger partial charge < -0.3 is 9.88 Å². The van der Waals surface area contributed by atoms with E-state index in [0.29, 0.717) is 41.0 Å². The average molecular weight is 458 g/mol. The van der Waals surface area contributed by atoms with Gasteiger partial charge in [-0.3, -0.25) is 14.3 Å². The summed E-state index contributed by atoms with van der Waals surface area (Å²) in [7, 11) is -2.04. The molecule has 0 radical (unpaired) electrons. The van der Waals surface area contributed by atoms with E-state index < -0.39 is 21.7 Å². The molecule has 9 nitrogen and oxygen atoms in total. The number of fused-ring (bicyclic) bond motifs is 1. The van der Waals surface area contributed by atoms with Crippen LogP contribution in [0.4, 0.5) is 0 Å². The van der Waals surface area contributed by atoms with Gasteiger partial charge in [0.05, 0.1) is 17.0 Å². The second kappa shape index (κ2) is 8.18. The smallest absolute Gasteiger partial charge is 0.295 e. The van der Waals surface area contributed by atoms with Gasteiger partial charge in [0.15, 0.2) is 0 Å². The number of sulfonamides is 1. The summed E-state index contributed by atoms with van der Waals surface area (Å²) >= 11 is 0. The highest BCUT2D eigenvalue weighted by molar-refractivity contribution is 7.89. The van der Waals surface area contributed by atoms with Crippen LogP contribution < -0.4 is 0 Å². The number of ketones is 1. The number of amides is 1. The van der Waals surface area contributed by atoms with E-state index in [-0.39, 0.29) is 24.5 Å². The van der Waals surface area contributed by atoms with Gasteiger partial charge in [-0.1, -0.05) is 18.2 Å². The van der Waals surface area contributed by atoms with Gasteiger partial charge in [0, 0.05) is 49.8 Å². The Labute approximate surface area is 187 Å². The maximum Gasteiger partial charge on any atom is 0.295 e. The van der Waals surface area contributed by atoms with Crippen molar-refractivity contribution < 1.29 is 18.0 Å². The molecule has 0 spiro atoms. The van der Waals surface area contributed by atoms with Gasteiger partial charge in [-0.05, 0) is 33.3 Å². The Morgan fingerprint density at radius 1 is 1.03 bits per heavy atom. The molecule has 0 aliphatic carbocycles. The Hall–Kier alpha value is -2.98. The molecule has 170 valence electrons. The van der Waals surface area contributed by atoms with Crippen LogP contribution in [0.25, 0.3) is 10.9 Å². The minimum absolute atomic E-state index is 0.127. The standard InChI is InChI=1S/C22H27N5O4S/c1-14-19(17-8-5-6-9-18(17)23-14)20(28)22(29)26-10-7-11-27(13-12-26)32(30,31)21-15(2)24-25(4)16(21)3/h5-6,8-9,23H,7,10-13H2,1-4H3. The van der Waals surface area contributed by atoms with Gasteiger partial charge in [-0.2, -0.15) is 9.40 Å². The first-order valence-electron chi connectivity index (χ1n) is 10.5. The Morgan fingerprint density at radius 2 is 1.75 bits per heavy atom. The summed E-state index contributed by atoms with van der Waals surface area (Å²) in [6, 6.07) is 7.37. The van der Waals surface area contributed by atoms with E-state index in [0.717, 1.165) is 5.52 Å². The van der Waals surface area contributed by atoms with Crippen LogP contribution in [0, 0.1) is 20.8 Å². The lowest BCUT2D eigenvalue weighted by Gasteiger charge is -2.21. The highest BCUT2D eigenvalue weighted by Crippen LogP contribution is 2.25. The monoisotopic (exact) mass is 457 g/mol. The third-order valence-corrected chi connectivity index (χ3v) is 8.25. The summed E-state index contributed by atoms with van der Waals surface area (Å²) in [6.45, 7) is 6.06. The number of Topliss-reactive ketones (excluding diaryl/α,β-unsaturated/α-hetero) is 1. The first kappa shape index (κ1) is 22.2. The zero-order valence-corrected chi connectivity index (χ0v) is 19.5. The van der Waals surface area contributed by atoms with E-state index in [1.807, 2.05) is 24.3 Å². The molecule has 0 atom stereocenters. The third-order valence-electron chi connectivity index (χ3n) is 6.10. The number of para-hydroxylation sites is 1. The maximum absolute atomic E-state index is 13.3. The molecule has 1 amide bonds. The predicted molar refractivity (Wildman–Crippen MR) is 120 cm³/mol. The molecule has 1 fully saturated rings. The molecular weight excluding hydrogens is 430 g/mol. The fourth-order valence-corrected chi connectivity index (χ4v) is 6.28. The molecule has 1 aliphatic heterocycles. The average Bonchev–Trinajstić information content (AvgIpc) is 3.07. The topological polar surface area (TPSA) is 108 Å². The number of hydrogen-bond acceptors (Lipinski definition) is 5. The van der Waals surface area contributed by atoms with Crippen molar-refractivity contribution in [2.75, 3.05) is 26.2 Å². The van der Waals surface area contributed by atoms with E-state index in [1.54, 1.807) is 32.5 Å². The molecule has 1 N–H and O–H groups in total. The Kier molecular flexibility index (Phi) is 5.68. The zero-order valence-electron chi connectivity index (χ0n) is 18.7. The third kappa shape index (κ3) is 3.63. The van der Waals surface area contributed by atoms with Crippen LogP contribution in [0.3, 0.4) is 0 Å².